The summed E-state index contributed by atoms with van der Waals surface area (Å²) in [6.45, 7) is 5.59. The largest absolute Gasteiger partial charge is 0.481 e. The highest BCUT2D eigenvalue weighted by Gasteiger charge is 2.38. The molecule has 2 aromatic rings. The number of carboxylic acids is 2. The number of nitrogens with two attached hydrogens (primary N) is 1. The molecule has 5 N–H and O–H groups in total. The zero-order chi connectivity index (χ0) is 29.9. The minimum Gasteiger partial charge on any atom is -0.481 e. The second-order valence-corrected chi connectivity index (χ2v) is 13.2. The summed E-state index contributed by atoms with van der Waals surface area (Å²) in [5.74, 6) is -1.94. The number of aliphatic hydroxyl groups excluding tert-OH is 1. The number of aromatic nitrogens is 4. The molecule has 1 saturated heterocycles. The van der Waals surface area contributed by atoms with Crippen LogP contribution in [0.25, 0.3) is 11.2 Å². The monoisotopic (exact) mass is 605 g/mol. The molecule has 224 valence electrons. The van der Waals surface area contributed by atoms with E-state index in [0.717, 1.165) is 0 Å². The van der Waals surface area contributed by atoms with Gasteiger partial charge >= 0.3 is 19.5 Å². The molecule has 3 atom stereocenters. The van der Waals surface area contributed by atoms with Crippen molar-refractivity contribution in [1.29, 1.82) is 0 Å². The van der Waals surface area contributed by atoms with E-state index in [1.807, 2.05) is 0 Å². The van der Waals surface area contributed by atoms with E-state index >= 15 is 0 Å². The Hall–Kier alpha value is -2.33. The second-order valence-electron chi connectivity index (χ2n) is 10.8. The first kappa shape index (κ1) is 32.2. The number of anilines is 1. The maximum Gasteiger partial charge on any atom is 0.356 e. The summed E-state index contributed by atoms with van der Waals surface area (Å²) in [7, 11) is -3.91. The van der Waals surface area contributed by atoms with Crippen molar-refractivity contribution in [3.05, 3.63) is 6.33 Å². The molecule has 0 amide bonds. The lowest BCUT2D eigenvalue weighted by molar-refractivity contribution is -0.148. The summed E-state index contributed by atoms with van der Waals surface area (Å²) in [4.78, 5) is 35.1. The number of rotatable bonds is 15. The van der Waals surface area contributed by atoms with Gasteiger partial charge in [-0.3, -0.25) is 18.7 Å². The maximum absolute atomic E-state index is 13.4. The van der Waals surface area contributed by atoms with Crippen LogP contribution < -0.4 is 5.73 Å². The van der Waals surface area contributed by atoms with E-state index in [-0.39, 0.29) is 50.1 Å². The van der Waals surface area contributed by atoms with E-state index in [0.29, 0.717) is 11.2 Å². The van der Waals surface area contributed by atoms with Gasteiger partial charge in [0.2, 0.25) is 0 Å². The number of imidazole rings is 1. The topological polar surface area (TPSA) is 218 Å². The number of fused-ring (bicyclic) bond motifs is 1. The summed E-state index contributed by atoms with van der Waals surface area (Å²) < 4.78 is 37.5. The molecule has 3 heterocycles. The molecule has 1 aliphatic rings. The fourth-order valence-electron chi connectivity index (χ4n) is 3.70. The van der Waals surface area contributed by atoms with Crippen molar-refractivity contribution in [3.8, 4) is 0 Å². The number of thiol groups is 1. The van der Waals surface area contributed by atoms with Crippen molar-refractivity contribution in [3.63, 3.8) is 0 Å². The van der Waals surface area contributed by atoms with Crippen molar-refractivity contribution >= 4 is 49.1 Å². The molecular weight excluding hydrogens is 569 g/mol. The Morgan fingerprint density at radius 3 is 2.27 bits per heavy atom. The van der Waals surface area contributed by atoms with E-state index in [9.17, 15) is 29.5 Å². The number of ether oxygens (including phenoxy) is 2. The Morgan fingerprint density at radius 1 is 1.15 bits per heavy atom. The third-order valence-electron chi connectivity index (χ3n) is 6.62. The Morgan fingerprint density at radius 2 is 1.73 bits per heavy atom. The molecule has 40 heavy (non-hydrogen) atoms. The molecule has 0 aliphatic carbocycles. The number of carboxylic acid groups (broad SMARTS) is 2. The molecule has 0 aromatic carbocycles. The van der Waals surface area contributed by atoms with Gasteiger partial charge in [-0.1, -0.05) is 0 Å². The van der Waals surface area contributed by atoms with Crippen LogP contribution in [0.3, 0.4) is 0 Å². The molecule has 0 bridgehead atoms. The number of hydrogen-bond acceptors (Lipinski definition) is 13. The lowest BCUT2D eigenvalue weighted by atomic mass is 9.90. The number of carbonyl (C=O) groups is 2. The highest BCUT2D eigenvalue weighted by Crippen LogP contribution is 2.49. The van der Waals surface area contributed by atoms with Crippen LogP contribution in [0.15, 0.2) is 11.5 Å². The Kier molecular flexibility index (Phi) is 10.2. The van der Waals surface area contributed by atoms with Gasteiger partial charge in [0, 0.05) is 6.42 Å². The summed E-state index contributed by atoms with van der Waals surface area (Å²) in [6.07, 6.45) is -1.17. The van der Waals surface area contributed by atoms with Gasteiger partial charge in [-0.25, -0.2) is 15.0 Å². The van der Waals surface area contributed by atoms with Crippen molar-refractivity contribution < 1.29 is 48.0 Å². The summed E-state index contributed by atoms with van der Waals surface area (Å²) in [5.41, 5.74) is 4.30. The predicted octanol–water partition coefficient (Wildman–Crippen LogP) is 2.55. The number of hydrogen-bond donors (Lipinski definition) is 5. The number of aliphatic hydroxyl groups is 1. The standard InChI is InChI=1S/C23H36N5O10PS/c1-22(2,19(30)31)5-7-36-39(34,37-8-6-23(3,4)20(32)33)12-35-10-13-9-14(29)18(38-13)28-11-25-15-16(24)26-21(40)27-17(15)28/h11,13-14,18,29H,5-10,12H2,1-4H3,(H,30,31)(H,32,33)(H3,24,26,27,40). The van der Waals surface area contributed by atoms with Gasteiger partial charge in [0.15, 0.2) is 22.8 Å². The normalized spacial score (nSPS) is 20.3. The average Bonchev–Trinajstić information content (AvgIpc) is 3.41. The maximum atomic E-state index is 13.4. The van der Waals surface area contributed by atoms with E-state index in [4.69, 9.17) is 24.3 Å². The van der Waals surface area contributed by atoms with Gasteiger partial charge in [-0.2, -0.15) is 0 Å². The van der Waals surface area contributed by atoms with E-state index in [1.165, 1.54) is 38.6 Å². The quantitative estimate of drug-likeness (QED) is 0.112. The molecule has 3 unspecified atom stereocenters. The van der Waals surface area contributed by atoms with Crippen LogP contribution in [0.4, 0.5) is 5.82 Å². The van der Waals surface area contributed by atoms with Crippen molar-refractivity contribution in [2.45, 2.75) is 70.5 Å². The smallest absolute Gasteiger partial charge is 0.356 e. The van der Waals surface area contributed by atoms with Gasteiger partial charge in [0.1, 0.15) is 18.0 Å². The summed E-state index contributed by atoms with van der Waals surface area (Å²) in [6, 6.07) is 0. The molecule has 0 saturated carbocycles. The van der Waals surface area contributed by atoms with Crippen LogP contribution in [0, 0.1) is 10.8 Å². The minimum atomic E-state index is -3.91. The van der Waals surface area contributed by atoms with Crippen LogP contribution in [0.2, 0.25) is 0 Å². The molecule has 17 heteroatoms. The molecule has 15 nitrogen and oxygen atoms in total. The van der Waals surface area contributed by atoms with E-state index in [2.05, 4.69) is 27.6 Å². The van der Waals surface area contributed by atoms with Crippen molar-refractivity contribution in [2.75, 3.05) is 31.9 Å². The van der Waals surface area contributed by atoms with Crippen LogP contribution in [-0.4, -0.2) is 85.2 Å². The van der Waals surface area contributed by atoms with Crippen LogP contribution >= 0.6 is 20.2 Å². The zero-order valence-corrected chi connectivity index (χ0v) is 24.5. The number of aliphatic carboxylic acids is 2. The fraction of sp³-hybridized carbons (Fsp3) is 0.696. The van der Waals surface area contributed by atoms with E-state index in [1.54, 1.807) is 0 Å². The first-order valence-electron chi connectivity index (χ1n) is 12.5. The molecule has 0 spiro atoms. The molecule has 2 aromatic heterocycles. The first-order valence-corrected chi connectivity index (χ1v) is 14.7. The second kappa shape index (κ2) is 12.7. The third kappa shape index (κ3) is 7.90. The lowest BCUT2D eigenvalue weighted by Crippen LogP contribution is -2.26. The predicted molar refractivity (Wildman–Crippen MR) is 144 cm³/mol. The zero-order valence-electron chi connectivity index (χ0n) is 22.7. The van der Waals surface area contributed by atoms with Crippen molar-refractivity contribution in [2.24, 2.45) is 10.8 Å². The molecular formula is C23H36N5O10PS. The Labute approximate surface area is 236 Å². The van der Waals surface area contributed by atoms with Crippen LogP contribution in [-0.2, 0) is 32.7 Å². The Balaban J connectivity index is 1.61. The SMILES string of the molecule is CC(C)(CCOP(=O)(COCC1CC(O)C(n2cnc3c(N)nc(S)nc32)O1)OCCC(C)(C)C(=O)O)C(=O)O. The minimum absolute atomic E-state index is 0.0524. The van der Waals surface area contributed by atoms with Gasteiger partial charge in [0.25, 0.3) is 0 Å². The molecule has 1 aliphatic heterocycles. The highest BCUT2D eigenvalue weighted by molar-refractivity contribution is 7.80. The fourth-order valence-corrected chi connectivity index (χ4v) is 5.20. The molecule has 1 fully saturated rings. The van der Waals surface area contributed by atoms with Crippen molar-refractivity contribution in [1.82, 2.24) is 19.5 Å². The number of nitrogens with zero attached hydrogens (tertiary/aromatic N) is 4. The van der Waals surface area contributed by atoms with E-state index < -0.39 is 55.1 Å². The van der Waals surface area contributed by atoms with Gasteiger partial charge in [-0.15, -0.1) is 12.6 Å². The van der Waals surface area contributed by atoms with Crippen LogP contribution in [0.5, 0.6) is 0 Å². The Bertz CT molecular complexity index is 1240. The van der Waals surface area contributed by atoms with Gasteiger partial charge in [-0.05, 0) is 40.5 Å². The lowest BCUT2D eigenvalue weighted by Gasteiger charge is -2.24. The van der Waals surface area contributed by atoms with Crippen LogP contribution in [0.1, 0.15) is 53.2 Å². The summed E-state index contributed by atoms with van der Waals surface area (Å²) in [5, 5.41) is 29.4. The number of nitrogen functional groups attached to an aromatic ring is 1. The average molecular weight is 606 g/mol. The van der Waals surface area contributed by atoms with Gasteiger partial charge < -0.3 is 39.6 Å². The third-order valence-corrected chi connectivity index (χ3v) is 8.47. The van der Waals surface area contributed by atoms with Gasteiger partial charge in [0.05, 0.1) is 43.1 Å². The summed E-state index contributed by atoms with van der Waals surface area (Å²) >= 11 is 4.13. The first-order chi connectivity index (χ1) is 18.5. The molecule has 0 radical (unpaired) electrons. The highest BCUT2D eigenvalue weighted by atomic mass is 32.1. The molecule has 3 rings (SSSR count).